The van der Waals surface area contributed by atoms with Crippen LogP contribution in [0.3, 0.4) is 0 Å². The summed E-state index contributed by atoms with van der Waals surface area (Å²) in [4.78, 5) is 14.6. The lowest BCUT2D eigenvalue weighted by Crippen LogP contribution is -2.33. The van der Waals surface area contributed by atoms with Crippen LogP contribution in [0.1, 0.15) is 29.1 Å². The van der Waals surface area contributed by atoms with E-state index in [-0.39, 0.29) is 5.91 Å². The first-order valence-corrected chi connectivity index (χ1v) is 8.55. The van der Waals surface area contributed by atoms with Crippen molar-refractivity contribution in [3.63, 3.8) is 0 Å². The van der Waals surface area contributed by atoms with Crippen molar-refractivity contribution in [2.24, 2.45) is 5.92 Å². The molecular weight excluding hydrogens is 304 g/mol. The number of hydrogen-bond acceptors (Lipinski definition) is 4. The molecule has 3 rings (SSSR count). The summed E-state index contributed by atoms with van der Waals surface area (Å²) in [6, 6.07) is 3.93. The Hall–Kier alpha value is -2.08. The summed E-state index contributed by atoms with van der Waals surface area (Å²) in [5.41, 5.74) is 3.21. The quantitative estimate of drug-likeness (QED) is 0.880. The smallest absolute Gasteiger partial charge is 0.241 e. The second-order valence-electron chi connectivity index (χ2n) is 6.73. The maximum absolute atomic E-state index is 12.2. The largest absolute Gasteiger partial charge is 0.468 e. The van der Waals surface area contributed by atoms with Crippen LogP contribution in [0.5, 0.6) is 0 Å². The van der Waals surface area contributed by atoms with E-state index in [1.165, 1.54) is 0 Å². The molecule has 0 bridgehead atoms. The van der Waals surface area contributed by atoms with Crippen LogP contribution in [-0.4, -0.2) is 40.2 Å². The predicted octanol–water partition coefficient (Wildman–Crippen LogP) is 2.04. The topological polar surface area (TPSA) is 63.3 Å². The number of aromatic nitrogens is 2. The fraction of sp³-hybridized carbons (Fsp3) is 0.556. The second kappa shape index (κ2) is 7.21. The SMILES string of the molecule is Cc1nn(CC(=O)NCC2CCN(Cc3ccco3)C2)c(C)c1C. The molecular formula is C18H26N4O2. The van der Waals surface area contributed by atoms with Gasteiger partial charge >= 0.3 is 0 Å². The van der Waals surface area contributed by atoms with Crippen LogP contribution in [0, 0.1) is 26.7 Å². The molecule has 0 spiro atoms. The molecule has 2 aromatic rings. The van der Waals surface area contributed by atoms with E-state index in [9.17, 15) is 4.79 Å². The van der Waals surface area contributed by atoms with Gasteiger partial charge in [-0.1, -0.05) is 0 Å². The van der Waals surface area contributed by atoms with Crippen molar-refractivity contribution < 1.29 is 9.21 Å². The van der Waals surface area contributed by atoms with E-state index < -0.39 is 0 Å². The number of nitrogens with zero attached hydrogens (tertiary/aromatic N) is 3. The molecule has 0 aromatic carbocycles. The van der Waals surface area contributed by atoms with E-state index in [1.54, 1.807) is 10.9 Å². The number of nitrogens with one attached hydrogen (secondary N) is 1. The van der Waals surface area contributed by atoms with Crippen molar-refractivity contribution in [3.05, 3.63) is 41.1 Å². The van der Waals surface area contributed by atoms with Crippen LogP contribution in [-0.2, 0) is 17.9 Å². The van der Waals surface area contributed by atoms with Gasteiger partial charge in [0, 0.05) is 18.8 Å². The highest BCUT2D eigenvalue weighted by Gasteiger charge is 2.23. The number of rotatable bonds is 6. The van der Waals surface area contributed by atoms with Crippen LogP contribution < -0.4 is 5.32 Å². The van der Waals surface area contributed by atoms with Crippen LogP contribution >= 0.6 is 0 Å². The molecule has 130 valence electrons. The van der Waals surface area contributed by atoms with E-state index in [1.807, 2.05) is 32.9 Å². The van der Waals surface area contributed by atoms with Gasteiger partial charge in [0.2, 0.25) is 5.91 Å². The first-order valence-electron chi connectivity index (χ1n) is 8.55. The van der Waals surface area contributed by atoms with Crippen LogP contribution in [0.2, 0.25) is 0 Å². The Bertz CT molecular complexity index is 690. The van der Waals surface area contributed by atoms with Crippen molar-refractivity contribution in [2.75, 3.05) is 19.6 Å². The zero-order valence-electron chi connectivity index (χ0n) is 14.7. The first-order chi connectivity index (χ1) is 11.5. The summed E-state index contributed by atoms with van der Waals surface area (Å²) in [5, 5.41) is 7.48. The molecule has 0 saturated carbocycles. The minimum Gasteiger partial charge on any atom is -0.468 e. The summed E-state index contributed by atoms with van der Waals surface area (Å²) in [5.74, 6) is 1.54. The van der Waals surface area contributed by atoms with Gasteiger partial charge in [-0.2, -0.15) is 5.10 Å². The third-order valence-corrected chi connectivity index (χ3v) is 4.95. The summed E-state index contributed by atoms with van der Waals surface area (Å²) in [7, 11) is 0. The molecule has 6 heteroatoms. The van der Waals surface area contributed by atoms with Crippen molar-refractivity contribution in [1.29, 1.82) is 0 Å². The standard InChI is InChI=1S/C18H26N4O2/c1-13-14(2)20-22(15(13)3)12-18(23)19-9-16-6-7-21(10-16)11-17-5-4-8-24-17/h4-5,8,16H,6-7,9-12H2,1-3H3,(H,19,23). The molecule has 0 radical (unpaired) electrons. The van der Waals surface area contributed by atoms with Crippen LogP contribution in [0.15, 0.2) is 22.8 Å². The third-order valence-electron chi connectivity index (χ3n) is 4.95. The van der Waals surface area contributed by atoms with Crippen molar-refractivity contribution >= 4 is 5.91 Å². The van der Waals surface area contributed by atoms with Gasteiger partial charge < -0.3 is 9.73 Å². The molecule has 1 aliphatic heterocycles. The molecule has 1 N–H and O–H groups in total. The molecule has 1 saturated heterocycles. The lowest BCUT2D eigenvalue weighted by molar-refractivity contribution is -0.122. The maximum atomic E-state index is 12.2. The molecule has 1 atom stereocenters. The Balaban J connectivity index is 1.42. The Morgan fingerprint density at radius 2 is 2.25 bits per heavy atom. The summed E-state index contributed by atoms with van der Waals surface area (Å²) >= 11 is 0. The van der Waals surface area contributed by atoms with E-state index in [0.29, 0.717) is 12.5 Å². The van der Waals surface area contributed by atoms with Crippen molar-refractivity contribution in [1.82, 2.24) is 20.0 Å². The van der Waals surface area contributed by atoms with E-state index in [4.69, 9.17) is 4.42 Å². The Morgan fingerprint density at radius 3 is 2.92 bits per heavy atom. The summed E-state index contributed by atoms with van der Waals surface area (Å²) in [6.45, 7) is 9.95. The number of carbonyl (C=O) groups is 1. The zero-order chi connectivity index (χ0) is 17.1. The normalized spacial score (nSPS) is 18.2. The summed E-state index contributed by atoms with van der Waals surface area (Å²) < 4.78 is 7.19. The van der Waals surface area contributed by atoms with Crippen molar-refractivity contribution in [3.8, 4) is 0 Å². The van der Waals surface area contributed by atoms with Gasteiger partial charge in [0.25, 0.3) is 0 Å². The third kappa shape index (κ3) is 3.87. The molecule has 6 nitrogen and oxygen atoms in total. The van der Waals surface area contributed by atoms with E-state index >= 15 is 0 Å². The van der Waals surface area contributed by atoms with Gasteiger partial charge in [0.1, 0.15) is 12.3 Å². The fourth-order valence-corrected chi connectivity index (χ4v) is 3.24. The number of furan rings is 1. The van der Waals surface area contributed by atoms with Crippen LogP contribution in [0.25, 0.3) is 0 Å². The Labute approximate surface area is 142 Å². The van der Waals surface area contributed by atoms with E-state index in [0.717, 1.165) is 55.3 Å². The number of amides is 1. The molecule has 3 heterocycles. The lowest BCUT2D eigenvalue weighted by atomic mass is 10.1. The van der Waals surface area contributed by atoms with Gasteiger partial charge in [-0.25, -0.2) is 0 Å². The number of carbonyl (C=O) groups excluding carboxylic acids is 1. The van der Waals surface area contributed by atoms with E-state index in [2.05, 4.69) is 15.3 Å². The molecule has 2 aromatic heterocycles. The number of likely N-dealkylation sites (tertiary alicyclic amines) is 1. The monoisotopic (exact) mass is 330 g/mol. The molecule has 24 heavy (non-hydrogen) atoms. The fourth-order valence-electron chi connectivity index (χ4n) is 3.24. The predicted molar refractivity (Wildman–Crippen MR) is 91.5 cm³/mol. The minimum atomic E-state index is 0.0325. The highest BCUT2D eigenvalue weighted by atomic mass is 16.3. The number of aryl methyl sites for hydroxylation is 1. The molecule has 1 aliphatic rings. The van der Waals surface area contributed by atoms with Gasteiger partial charge in [0.15, 0.2) is 0 Å². The maximum Gasteiger partial charge on any atom is 0.241 e. The van der Waals surface area contributed by atoms with Gasteiger partial charge in [0.05, 0.1) is 18.5 Å². The van der Waals surface area contributed by atoms with Gasteiger partial charge in [-0.05, 0) is 57.4 Å². The average Bonchev–Trinajstić information content (AvgIpc) is 3.27. The Kier molecular flexibility index (Phi) is 5.04. The molecule has 0 aliphatic carbocycles. The Morgan fingerprint density at radius 1 is 1.42 bits per heavy atom. The van der Waals surface area contributed by atoms with Crippen LogP contribution in [0.4, 0.5) is 0 Å². The highest BCUT2D eigenvalue weighted by Crippen LogP contribution is 2.18. The van der Waals surface area contributed by atoms with Gasteiger partial charge in [-0.15, -0.1) is 0 Å². The molecule has 1 unspecified atom stereocenters. The highest BCUT2D eigenvalue weighted by molar-refractivity contribution is 5.75. The van der Waals surface area contributed by atoms with Gasteiger partial charge in [-0.3, -0.25) is 14.4 Å². The second-order valence-corrected chi connectivity index (χ2v) is 6.73. The minimum absolute atomic E-state index is 0.0325. The van der Waals surface area contributed by atoms with Crippen molar-refractivity contribution in [2.45, 2.75) is 40.3 Å². The first kappa shape index (κ1) is 16.8. The summed E-state index contributed by atoms with van der Waals surface area (Å²) in [6.07, 6.45) is 2.82. The zero-order valence-corrected chi connectivity index (χ0v) is 14.7. The average molecular weight is 330 g/mol. The molecule has 1 amide bonds. The number of hydrogen-bond donors (Lipinski definition) is 1. The lowest BCUT2D eigenvalue weighted by Gasteiger charge is -2.15. The molecule has 1 fully saturated rings.